The molecular formula is C11H5BrClF2N3O. The highest BCUT2D eigenvalue weighted by atomic mass is 79.9. The Labute approximate surface area is 120 Å². The molecule has 0 radical (unpaired) electrons. The molecule has 0 atom stereocenters. The van der Waals surface area contributed by atoms with Crippen LogP contribution in [0.3, 0.4) is 0 Å². The number of halogens is 4. The largest absolute Gasteiger partial charge is 0.305 e. The average molecular weight is 349 g/mol. The molecule has 8 heteroatoms. The maximum atomic E-state index is 13.5. The van der Waals surface area contributed by atoms with Crippen LogP contribution in [0.2, 0.25) is 5.15 Å². The van der Waals surface area contributed by atoms with E-state index in [9.17, 15) is 13.6 Å². The van der Waals surface area contributed by atoms with Crippen molar-refractivity contribution in [3.05, 3.63) is 51.4 Å². The standard InChI is InChI=1S/C11H5BrClF2N3O/c12-5-1-6(14)10(7(15)2-5)11(19)18-9-4-16-8(13)3-17-9/h1-4H,(H,17,18,19). The van der Waals surface area contributed by atoms with Gasteiger partial charge in [-0.25, -0.2) is 18.7 Å². The molecule has 2 rings (SSSR count). The minimum atomic E-state index is -0.980. The number of carbonyl (C=O) groups excluding carboxylic acids is 1. The molecule has 0 spiro atoms. The zero-order valence-corrected chi connectivity index (χ0v) is 11.5. The van der Waals surface area contributed by atoms with Crippen molar-refractivity contribution in [1.82, 2.24) is 9.97 Å². The summed E-state index contributed by atoms with van der Waals surface area (Å²) in [5.41, 5.74) is -0.694. The lowest BCUT2D eigenvalue weighted by Gasteiger charge is -2.06. The first-order valence-corrected chi connectivity index (χ1v) is 6.08. The van der Waals surface area contributed by atoms with Crippen LogP contribution in [-0.2, 0) is 0 Å². The van der Waals surface area contributed by atoms with Gasteiger partial charge in [0.1, 0.15) is 22.4 Å². The maximum Gasteiger partial charge on any atom is 0.262 e. The number of nitrogens with one attached hydrogen (secondary N) is 1. The Morgan fingerprint density at radius 2 is 1.84 bits per heavy atom. The van der Waals surface area contributed by atoms with E-state index in [1.54, 1.807) is 0 Å². The van der Waals surface area contributed by atoms with Crippen LogP contribution in [0.1, 0.15) is 10.4 Å². The summed E-state index contributed by atoms with van der Waals surface area (Å²) in [6, 6.07) is 1.98. The quantitative estimate of drug-likeness (QED) is 0.905. The summed E-state index contributed by atoms with van der Waals surface area (Å²) in [6.07, 6.45) is 2.38. The van der Waals surface area contributed by atoms with Gasteiger partial charge >= 0.3 is 0 Å². The average Bonchev–Trinajstić information content (AvgIpc) is 2.30. The van der Waals surface area contributed by atoms with Crippen molar-refractivity contribution >= 4 is 39.3 Å². The van der Waals surface area contributed by atoms with Crippen LogP contribution in [0.4, 0.5) is 14.6 Å². The van der Waals surface area contributed by atoms with Crippen LogP contribution in [-0.4, -0.2) is 15.9 Å². The molecule has 0 aliphatic rings. The van der Waals surface area contributed by atoms with Gasteiger partial charge in [0, 0.05) is 4.47 Å². The predicted octanol–water partition coefficient (Wildman–Crippen LogP) is 3.42. The van der Waals surface area contributed by atoms with Gasteiger partial charge in [0.2, 0.25) is 0 Å². The Kier molecular flexibility index (Phi) is 4.06. The van der Waals surface area contributed by atoms with E-state index in [1.807, 2.05) is 0 Å². The minimum Gasteiger partial charge on any atom is -0.305 e. The number of hydrogen-bond donors (Lipinski definition) is 1. The fraction of sp³-hybridized carbons (Fsp3) is 0. The molecule has 0 unspecified atom stereocenters. The lowest BCUT2D eigenvalue weighted by molar-refractivity contribution is 0.101. The number of aromatic nitrogens is 2. The van der Waals surface area contributed by atoms with Gasteiger partial charge in [0.15, 0.2) is 5.82 Å². The molecule has 0 fully saturated rings. The van der Waals surface area contributed by atoms with Gasteiger partial charge < -0.3 is 5.32 Å². The summed E-state index contributed by atoms with van der Waals surface area (Å²) in [5.74, 6) is -2.88. The van der Waals surface area contributed by atoms with E-state index in [0.717, 1.165) is 12.1 Å². The molecule has 1 amide bonds. The molecule has 1 aromatic carbocycles. The molecule has 1 heterocycles. The summed E-state index contributed by atoms with van der Waals surface area (Å²) in [4.78, 5) is 19.2. The molecule has 4 nitrogen and oxygen atoms in total. The van der Waals surface area contributed by atoms with E-state index < -0.39 is 23.1 Å². The minimum absolute atomic E-state index is 0.0381. The molecule has 0 saturated heterocycles. The van der Waals surface area contributed by atoms with Crippen LogP contribution < -0.4 is 5.32 Å². The summed E-state index contributed by atoms with van der Waals surface area (Å²) in [5, 5.41) is 2.36. The Balaban J connectivity index is 2.28. The van der Waals surface area contributed by atoms with Crippen LogP contribution >= 0.6 is 27.5 Å². The van der Waals surface area contributed by atoms with Crippen LogP contribution in [0, 0.1) is 11.6 Å². The third kappa shape index (κ3) is 3.24. The topological polar surface area (TPSA) is 54.9 Å². The first-order valence-electron chi connectivity index (χ1n) is 4.91. The van der Waals surface area contributed by atoms with Gasteiger partial charge in [-0.05, 0) is 12.1 Å². The second-order valence-corrected chi connectivity index (χ2v) is 4.73. The zero-order valence-electron chi connectivity index (χ0n) is 9.12. The van der Waals surface area contributed by atoms with Gasteiger partial charge in [-0.3, -0.25) is 4.79 Å². The molecule has 0 aliphatic heterocycles. The molecule has 19 heavy (non-hydrogen) atoms. The zero-order chi connectivity index (χ0) is 14.0. The Morgan fingerprint density at radius 3 is 2.37 bits per heavy atom. The number of nitrogens with zero attached hydrogens (tertiary/aromatic N) is 2. The van der Waals surface area contributed by atoms with Crippen molar-refractivity contribution in [3.8, 4) is 0 Å². The first kappa shape index (κ1) is 13.8. The molecule has 2 aromatic rings. The molecule has 0 bridgehead atoms. The molecule has 1 aromatic heterocycles. The van der Waals surface area contributed by atoms with E-state index in [1.165, 1.54) is 12.4 Å². The monoisotopic (exact) mass is 347 g/mol. The Hall–Kier alpha value is -1.60. The van der Waals surface area contributed by atoms with Gasteiger partial charge in [-0.2, -0.15) is 0 Å². The summed E-state index contributed by atoms with van der Waals surface area (Å²) in [6.45, 7) is 0. The van der Waals surface area contributed by atoms with E-state index in [4.69, 9.17) is 11.6 Å². The van der Waals surface area contributed by atoms with Gasteiger partial charge in [-0.1, -0.05) is 27.5 Å². The van der Waals surface area contributed by atoms with Crippen molar-refractivity contribution in [3.63, 3.8) is 0 Å². The molecular weight excluding hydrogens is 343 g/mol. The van der Waals surface area contributed by atoms with E-state index in [2.05, 4.69) is 31.2 Å². The van der Waals surface area contributed by atoms with Crippen LogP contribution in [0.5, 0.6) is 0 Å². The van der Waals surface area contributed by atoms with E-state index >= 15 is 0 Å². The number of anilines is 1. The van der Waals surface area contributed by atoms with Gasteiger partial charge in [0.25, 0.3) is 5.91 Å². The smallest absolute Gasteiger partial charge is 0.262 e. The van der Waals surface area contributed by atoms with E-state index in [0.29, 0.717) is 0 Å². The Bertz CT molecular complexity index is 613. The van der Waals surface area contributed by atoms with Crippen LogP contribution in [0.25, 0.3) is 0 Å². The highest BCUT2D eigenvalue weighted by molar-refractivity contribution is 9.10. The van der Waals surface area contributed by atoms with Crippen molar-refractivity contribution < 1.29 is 13.6 Å². The number of rotatable bonds is 2. The lowest BCUT2D eigenvalue weighted by Crippen LogP contribution is -2.16. The van der Waals surface area contributed by atoms with Gasteiger partial charge in [-0.15, -0.1) is 0 Å². The Morgan fingerprint density at radius 1 is 1.21 bits per heavy atom. The van der Waals surface area contributed by atoms with Crippen molar-refractivity contribution in [2.24, 2.45) is 0 Å². The highest BCUT2D eigenvalue weighted by Crippen LogP contribution is 2.20. The van der Waals surface area contributed by atoms with E-state index in [-0.39, 0.29) is 15.4 Å². The SMILES string of the molecule is O=C(Nc1cnc(Cl)cn1)c1c(F)cc(Br)cc1F. The number of benzene rings is 1. The molecule has 1 N–H and O–H groups in total. The fourth-order valence-corrected chi connectivity index (χ4v) is 1.81. The van der Waals surface area contributed by atoms with Crippen molar-refractivity contribution in [1.29, 1.82) is 0 Å². The predicted molar refractivity (Wildman–Crippen MR) is 69.1 cm³/mol. The molecule has 0 saturated carbocycles. The van der Waals surface area contributed by atoms with Crippen molar-refractivity contribution in [2.45, 2.75) is 0 Å². The van der Waals surface area contributed by atoms with Crippen LogP contribution in [0.15, 0.2) is 29.0 Å². The normalized spacial score (nSPS) is 10.3. The lowest BCUT2D eigenvalue weighted by atomic mass is 10.2. The number of amides is 1. The summed E-state index contributed by atoms with van der Waals surface area (Å²) >= 11 is 8.44. The third-order valence-electron chi connectivity index (χ3n) is 2.10. The fourth-order valence-electron chi connectivity index (χ4n) is 1.31. The second-order valence-electron chi connectivity index (χ2n) is 3.42. The second kappa shape index (κ2) is 5.58. The number of hydrogen-bond acceptors (Lipinski definition) is 3. The third-order valence-corrected chi connectivity index (χ3v) is 2.75. The summed E-state index contributed by atoms with van der Waals surface area (Å²) in [7, 11) is 0. The number of carbonyl (C=O) groups is 1. The molecule has 0 aliphatic carbocycles. The summed E-state index contributed by atoms with van der Waals surface area (Å²) < 4.78 is 27.3. The van der Waals surface area contributed by atoms with Crippen molar-refractivity contribution in [2.75, 3.05) is 5.32 Å². The molecule has 98 valence electrons. The highest BCUT2D eigenvalue weighted by Gasteiger charge is 2.18. The maximum absolute atomic E-state index is 13.5. The van der Waals surface area contributed by atoms with Gasteiger partial charge in [0.05, 0.1) is 12.4 Å². The first-order chi connectivity index (χ1) is 8.97.